The monoisotopic (exact) mass is 145 g/mol. The number of carbonyl (C=O) groups excluding carboxylic acids is 1. The zero-order valence-electron chi connectivity index (χ0n) is 6.42. The van der Waals surface area contributed by atoms with Crippen LogP contribution in [-0.4, -0.2) is 11.9 Å². The Morgan fingerprint density at radius 3 is 2.40 bits per heavy atom. The van der Waals surface area contributed by atoms with E-state index in [9.17, 15) is 4.79 Å². The number of hydrogen-bond acceptors (Lipinski definition) is 3. The fraction of sp³-hybridized carbons (Fsp3) is 0.833. The minimum Gasteiger partial charge on any atom is -0.320 e. The summed E-state index contributed by atoms with van der Waals surface area (Å²) in [7, 11) is 0. The number of amides is 1. The van der Waals surface area contributed by atoms with Crippen LogP contribution in [0.2, 0.25) is 0 Å². The number of rotatable bonds is 3. The van der Waals surface area contributed by atoms with Crippen LogP contribution in [-0.2, 0) is 4.79 Å². The minimum atomic E-state index is -0.468. The first-order valence-corrected chi connectivity index (χ1v) is 3.34. The lowest BCUT2D eigenvalue weighted by atomic mass is 10.0. The van der Waals surface area contributed by atoms with Crippen molar-refractivity contribution in [2.24, 2.45) is 17.5 Å². The Labute approximate surface area is 60.9 Å². The summed E-state index contributed by atoms with van der Waals surface area (Å²) in [6.07, 6.45) is 0.670. The highest BCUT2D eigenvalue weighted by atomic mass is 16.2. The van der Waals surface area contributed by atoms with Crippen LogP contribution in [0.3, 0.4) is 0 Å². The van der Waals surface area contributed by atoms with Gasteiger partial charge in [-0.1, -0.05) is 13.8 Å². The first kappa shape index (κ1) is 9.39. The molecule has 0 aromatic rings. The molecule has 1 unspecified atom stereocenters. The smallest absolute Gasteiger partial charge is 0.250 e. The van der Waals surface area contributed by atoms with E-state index in [2.05, 4.69) is 0 Å². The Balaban J connectivity index is 3.61. The minimum absolute atomic E-state index is 0.297. The van der Waals surface area contributed by atoms with Gasteiger partial charge in [0.25, 0.3) is 5.91 Å². The first-order valence-electron chi connectivity index (χ1n) is 3.34. The van der Waals surface area contributed by atoms with Crippen LogP contribution in [0.25, 0.3) is 0 Å². The number of carbonyl (C=O) groups is 1. The van der Waals surface area contributed by atoms with Crippen molar-refractivity contribution < 1.29 is 4.79 Å². The normalized spacial score (nSPS) is 13.3. The van der Waals surface area contributed by atoms with Crippen molar-refractivity contribution >= 4 is 5.91 Å². The van der Waals surface area contributed by atoms with Crippen molar-refractivity contribution in [3.63, 3.8) is 0 Å². The van der Waals surface area contributed by atoms with E-state index in [0.717, 1.165) is 0 Å². The lowest BCUT2D eigenvalue weighted by molar-refractivity contribution is -0.122. The maximum absolute atomic E-state index is 10.7. The molecule has 0 heterocycles. The second-order valence-corrected chi connectivity index (χ2v) is 2.74. The molecule has 0 saturated heterocycles. The highest BCUT2D eigenvalue weighted by Crippen LogP contribution is 2.01. The largest absolute Gasteiger partial charge is 0.320 e. The average Bonchev–Trinajstić information content (AvgIpc) is 1.85. The molecule has 0 spiro atoms. The maximum Gasteiger partial charge on any atom is 0.250 e. The van der Waals surface area contributed by atoms with Gasteiger partial charge < -0.3 is 5.73 Å². The number of nitrogens with two attached hydrogens (primary N) is 2. The van der Waals surface area contributed by atoms with Gasteiger partial charge in [0.2, 0.25) is 0 Å². The van der Waals surface area contributed by atoms with Gasteiger partial charge >= 0.3 is 0 Å². The van der Waals surface area contributed by atoms with Crippen molar-refractivity contribution in [3.05, 3.63) is 0 Å². The third kappa shape index (κ3) is 3.42. The molecule has 4 nitrogen and oxygen atoms in total. The summed E-state index contributed by atoms with van der Waals surface area (Å²) in [6.45, 7) is 4.01. The lowest BCUT2D eigenvalue weighted by Crippen LogP contribution is -2.44. The molecule has 0 fully saturated rings. The van der Waals surface area contributed by atoms with Crippen LogP contribution in [0, 0.1) is 5.92 Å². The third-order valence-corrected chi connectivity index (χ3v) is 1.20. The van der Waals surface area contributed by atoms with E-state index < -0.39 is 6.04 Å². The van der Waals surface area contributed by atoms with Gasteiger partial charge in [-0.25, -0.2) is 5.84 Å². The highest BCUT2D eigenvalue weighted by molar-refractivity contribution is 5.80. The van der Waals surface area contributed by atoms with Gasteiger partial charge in [-0.05, 0) is 12.3 Å². The zero-order valence-corrected chi connectivity index (χ0v) is 6.42. The van der Waals surface area contributed by atoms with Gasteiger partial charge in [-0.15, -0.1) is 0 Å². The van der Waals surface area contributed by atoms with E-state index in [0.29, 0.717) is 12.3 Å². The quantitative estimate of drug-likeness (QED) is 0.280. The van der Waals surface area contributed by atoms with E-state index >= 15 is 0 Å². The van der Waals surface area contributed by atoms with Crippen molar-refractivity contribution in [2.45, 2.75) is 26.3 Å². The predicted molar refractivity (Wildman–Crippen MR) is 39.8 cm³/mol. The molecule has 0 saturated carbocycles. The van der Waals surface area contributed by atoms with E-state index in [-0.39, 0.29) is 5.91 Å². The molecule has 0 aromatic carbocycles. The molecule has 1 amide bonds. The molecule has 0 radical (unpaired) electrons. The van der Waals surface area contributed by atoms with Crippen molar-refractivity contribution in [1.82, 2.24) is 5.43 Å². The maximum atomic E-state index is 10.7. The Morgan fingerprint density at radius 2 is 2.10 bits per heavy atom. The molecular formula is C6H15N3O. The molecule has 60 valence electrons. The summed E-state index contributed by atoms with van der Waals surface area (Å²) in [4.78, 5) is 10.7. The number of nitrogens with one attached hydrogen (secondary N) is 1. The van der Waals surface area contributed by atoms with Gasteiger partial charge in [0.15, 0.2) is 0 Å². The molecule has 0 bridgehead atoms. The number of hydrazine groups is 1. The molecule has 0 rings (SSSR count). The Morgan fingerprint density at radius 1 is 1.60 bits per heavy atom. The van der Waals surface area contributed by atoms with E-state index in [1.165, 1.54) is 0 Å². The third-order valence-electron chi connectivity index (χ3n) is 1.20. The van der Waals surface area contributed by atoms with Crippen LogP contribution in [0.5, 0.6) is 0 Å². The SMILES string of the molecule is CC(C)CC(N)C(=O)NN. The standard InChI is InChI=1S/C6H15N3O/c1-4(2)3-5(7)6(10)9-8/h4-5H,3,7-8H2,1-2H3,(H,9,10). The highest BCUT2D eigenvalue weighted by Gasteiger charge is 2.12. The Bertz CT molecular complexity index is 114. The molecule has 4 heteroatoms. The summed E-state index contributed by atoms with van der Waals surface area (Å²) in [5.74, 6) is 5.00. The Hall–Kier alpha value is -0.610. The van der Waals surface area contributed by atoms with Crippen LogP contribution < -0.4 is 17.0 Å². The van der Waals surface area contributed by atoms with Gasteiger partial charge in [0, 0.05) is 0 Å². The molecular weight excluding hydrogens is 130 g/mol. The van der Waals surface area contributed by atoms with E-state index in [4.69, 9.17) is 11.6 Å². The summed E-state index contributed by atoms with van der Waals surface area (Å²) < 4.78 is 0. The molecule has 0 aliphatic heterocycles. The molecule has 10 heavy (non-hydrogen) atoms. The summed E-state index contributed by atoms with van der Waals surface area (Å²) in [5, 5.41) is 0. The van der Waals surface area contributed by atoms with Crippen LogP contribution in [0.4, 0.5) is 0 Å². The molecule has 0 aliphatic carbocycles. The number of hydrogen-bond donors (Lipinski definition) is 3. The van der Waals surface area contributed by atoms with Gasteiger partial charge in [0.05, 0.1) is 6.04 Å². The van der Waals surface area contributed by atoms with Crippen LogP contribution in [0.1, 0.15) is 20.3 Å². The second kappa shape index (κ2) is 4.24. The van der Waals surface area contributed by atoms with E-state index in [1.54, 1.807) is 0 Å². The van der Waals surface area contributed by atoms with Gasteiger partial charge in [-0.2, -0.15) is 0 Å². The molecule has 1 atom stereocenters. The summed E-state index contributed by atoms with van der Waals surface area (Å²) in [6, 6.07) is -0.468. The van der Waals surface area contributed by atoms with Gasteiger partial charge in [0.1, 0.15) is 0 Å². The van der Waals surface area contributed by atoms with Gasteiger partial charge in [-0.3, -0.25) is 10.2 Å². The fourth-order valence-corrected chi connectivity index (χ4v) is 0.722. The molecule has 0 aliphatic rings. The molecule has 0 aromatic heterocycles. The second-order valence-electron chi connectivity index (χ2n) is 2.74. The summed E-state index contributed by atoms with van der Waals surface area (Å²) >= 11 is 0. The molecule has 5 N–H and O–H groups in total. The predicted octanol–water partition coefficient (Wildman–Crippen LogP) is -0.650. The van der Waals surface area contributed by atoms with Crippen molar-refractivity contribution in [3.8, 4) is 0 Å². The summed E-state index contributed by atoms with van der Waals surface area (Å²) in [5.41, 5.74) is 7.44. The first-order chi connectivity index (χ1) is 4.57. The van der Waals surface area contributed by atoms with Crippen molar-refractivity contribution in [2.75, 3.05) is 0 Å². The average molecular weight is 145 g/mol. The van der Waals surface area contributed by atoms with Crippen molar-refractivity contribution in [1.29, 1.82) is 0 Å². The topological polar surface area (TPSA) is 81.1 Å². The zero-order chi connectivity index (χ0) is 8.15. The fourth-order valence-electron chi connectivity index (χ4n) is 0.722. The van der Waals surface area contributed by atoms with Crippen LogP contribution in [0.15, 0.2) is 0 Å². The van der Waals surface area contributed by atoms with Crippen LogP contribution >= 0.6 is 0 Å². The lowest BCUT2D eigenvalue weighted by Gasteiger charge is -2.11. The van der Waals surface area contributed by atoms with E-state index in [1.807, 2.05) is 19.3 Å². The Kier molecular flexibility index (Phi) is 3.99.